The molecular formula is C25H30ClN3O3. The number of benzene rings is 2. The Morgan fingerprint density at radius 2 is 1.75 bits per heavy atom. The zero-order valence-electron chi connectivity index (χ0n) is 18.1. The number of hydrogen-bond acceptors (Lipinski definition) is 4. The second-order valence-corrected chi connectivity index (χ2v) is 9.17. The number of amides is 2. The van der Waals surface area contributed by atoms with Crippen molar-refractivity contribution in [2.75, 3.05) is 11.9 Å². The van der Waals surface area contributed by atoms with Gasteiger partial charge in [0.1, 0.15) is 5.75 Å². The van der Waals surface area contributed by atoms with E-state index >= 15 is 0 Å². The summed E-state index contributed by atoms with van der Waals surface area (Å²) in [6, 6.07) is 15.0. The highest BCUT2D eigenvalue weighted by atomic mass is 35.5. The number of hydrogen-bond donors (Lipinski definition) is 2. The summed E-state index contributed by atoms with van der Waals surface area (Å²) < 4.78 is 5.51. The summed E-state index contributed by atoms with van der Waals surface area (Å²) in [5.41, 5.74) is 7.54. The van der Waals surface area contributed by atoms with Crippen molar-refractivity contribution >= 4 is 29.1 Å². The molecule has 2 aromatic carbocycles. The van der Waals surface area contributed by atoms with E-state index in [1.807, 2.05) is 29.2 Å². The summed E-state index contributed by atoms with van der Waals surface area (Å²) in [7, 11) is 0. The second-order valence-electron chi connectivity index (χ2n) is 8.77. The van der Waals surface area contributed by atoms with E-state index in [2.05, 4.69) is 5.32 Å². The van der Waals surface area contributed by atoms with Gasteiger partial charge in [-0.1, -0.05) is 29.8 Å². The molecule has 0 spiro atoms. The number of halogens is 1. The lowest BCUT2D eigenvalue weighted by atomic mass is 9.90. The Hall–Kier alpha value is -2.57. The number of anilines is 1. The molecule has 7 heteroatoms. The predicted octanol–water partition coefficient (Wildman–Crippen LogP) is 4.37. The highest BCUT2D eigenvalue weighted by Gasteiger charge is 2.37. The van der Waals surface area contributed by atoms with Gasteiger partial charge >= 0.3 is 0 Å². The molecule has 2 aromatic rings. The molecule has 2 amide bonds. The van der Waals surface area contributed by atoms with Crippen molar-refractivity contribution in [3.8, 4) is 5.75 Å². The van der Waals surface area contributed by atoms with Gasteiger partial charge in [0.2, 0.25) is 5.91 Å². The van der Waals surface area contributed by atoms with Crippen LogP contribution < -0.4 is 15.8 Å². The number of nitrogens with one attached hydrogen (secondary N) is 1. The molecule has 0 heterocycles. The van der Waals surface area contributed by atoms with Gasteiger partial charge in [0, 0.05) is 35.3 Å². The number of carbonyl (C=O) groups is 2. The molecule has 2 aliphatic carbocycles. The van der Waals surface area contributed by atoms with Crippen LogP contribution >= 0.6 is 11.6 Å². The Balaban J connectivity index is 1.42. The van der Waals surface area contributed by atoms with Crippen molar-refractivity contribution in [2.45, 2.75) is 57.2 Å². The summed E-state index contributed by atoms with van der Waals surface area (Å²) in [6.45, 7) is 0.356. The van der Waals surface area contributed by atoms with Crippen LogP contribution in [0.1, 0.15) is 44.1 Å². The van der Waals surface area contributed by atoms with Crippen molar-refractivity contribution < 1.29 is 14.3 Å². The highest BCUT2D eigenvalue weighted by Crippen LogP contribution is 2.35. The third kappa shape index (κ3) is 6.02. The minimum Gasteiger partial charge on any atom is -0.484 e. The standard InChI is InChI=1S/C25H30ClN3O3/c26-23-13-10-20(28-24(30)16-32-22-4-2-1-3-5-22)14-18(23)15-29(25(31)17-6-7-17)21-11-8-19(27)9-12-21/h1-5,10,13-14,17,19,21H,6-9,11-12,15-16,27H2,(H,28,30). The van der Waals surface area contributed by atoms with Gasteiger partial charge < -0.3 is 20.7 Å². The first-order valence-corrected chi connectivity index (χ1v) is 11.7. The van der Waals surface area contributed by atoms with Crippen LogP contribution in [-0.4, -0.2) is 35.4 Å². The van der Waals surface area contributed by atoms with Crippen molar-refractivity contribution in [3.63, 3.8) is 0 Å². The molecule has 0 saturated heterocycles. The average molecular weight is 456 g/mol. The lowest BCUT2D eigenvalue weighted by molar-refractivity contribution is -0.136. The number of para-hydroxylation sites is 1. The number of nitrogens with zero attached hydrogens (tertiary/aromatic N) is 1. The molecule has 0 radical (unpaired) electrons. The molecule has 6 nitrogen and oxygen atoms in total. The zero-order chi connectivity index (χ0) is 22.5. The van der Waals surface area contributed by atoms with E-state index in [0.717, 1.165) is 44.1 Å². The minimum absolute atomic E-state index is 0.0867. The molecule has 0 aliphatic heterocycles. The van der Waals surface area contributed by atoms with Crippen molar-refractivity contribution in [1.82, 2.24) is 4.90 Å². The Kier molecular flexibility index (Phi) is 7.33. The van der Waals surface area contributed by atoms with Crippen LogP contribution in [0.4, 0.5) is 5.69 Å². The Labute approximate surface area is 194 Å². The average Bonchev–Trinajstić information content (AvgIpc) is 3.65. The lowest BCUT2D eigenvalue weighted by Gasteiger charge is -2.36. The van der Waals surface area contributed by atoms with E-state index < -0.39 is 0 Å². The lowest BCUT2D eigenvalue weighted by Crippen LogP contribution is -2.44. The molecule has 0 unspecified atom stereocenters. The van der Waals surface area contributed by atoms with Crippen LogP contribution in [0.5, 0.6) is 5.75 Å². The summed E-state index contributed by atoms with van der Waals surface area (Å²) >= 11 is 6.48. The Morgan fingerprint density at radius 3 is 2.44 bits per heavy atom. The molecular weight excluding hydrogens is 426 g/mol. The number of carbonyl (C=O) groups excluding carboxylic acids is 2. The minimum atomic E-state index is -0.255. The molecule has 0 atom stereocenters. The smallest absolute Gasteiger partial charge is 0.262 e. The van der Waals surface area contributed by atoms with Crippen molar-refractivity contribution in [3.05, 3.63) is 59.1 Å². The number of ether oxygens (including phenoxy) is 1. The molecule has 2 saturated carbocycles. The summed E-state index contributed by atoms with van der Waals surface area (Å²) in [6.07, 6.45) is 5.64. The van der Waals surface area contributed by atoms with Crippen LogP contribution in [0.2, 0.25) is 5.02 Å². The first-order chi connectivity index (χ1) is 15.5. The third-order valence-electron chi connectivity index (χ3n) is 6.18. The van der Waals surface area contributed by atoms with Crippen LogP contribution in [0.15, 0.2) is 48.5 Å². The van der Waals surface area contributed by atoms with Gasteiger partial charge in [-0.3, -0.25) is 9.59 Å². The van der Waals surface area contributed by atoms with Gasteiger partial charge in [0.15, 0.2) is 6.61 Å². The van der Waals surface area contributed by atoms with Gasteiger partial charge in [-0.2, -0.15) is 0 Å². The molecule has 32 heavy (non-hydrogen) atoms. The molecule has 2 fully saturated rings. The first kappa shape index (κ1) is 22.6. The number of rotatable bonds is 8. The molecule has 170 valence electrons. The van der Waals surface area contributed by atoms with E-state index in [-0.39, 0.29) is 36.4 Å². The van der Waals surface area contributed by atoms with Gasteiger partial charge in [-0.15, -0.1) is 0 Å². The van der Waals surface area contributed by atoms with Crippen molar-refractivity contribution in [2.24, 2.45) is 11.7 Å². The van der Waals surface area contributed by atoms with E-state index in [4.69, 9.17) is 22.1 Å². The van der Waals surface area contributed by atoms with Gasteiger partial charge in [0.05, 0.1) is 0 Å². The van der Waals surface area contributed by atoms with E-state index in [1.165, 1.54) is 0 Å². The quantitative estimate of drug-likeness (QED) is 0.619. The van der Waals surface area contributed by atoms with Gasteiger partial charge in [0.25, 0.3) is 5.91 Å². The summed E-state index contributed by atoms with van der Waals surface area (Å²) in [5, 5.41) is 3.45. The van der Waals surface area contributed by atoms with Crippen LogP contribution in [-0.2, 0) is 16.1 Å². The monoisotopic (exact) mass is 455 g/mol. The molecule has 0 bridgehead atoms. The maximum atomic E-state index is 13.0. The SMILES string of the molecule is NC1CCC(N(Cc2cc(NC(=O)COc3ccccc3)ccc2Cl)C(=O)C2CC2)CC1. The fraction of sp³-hybridized carbons (Fsp3) is 0.440. The second kappa shape index (κ2) is 10.4. The Bertz CT molecular complexity index is 941. The fourth-order valence-electron chi connectivity index (χ4n) is 4.18. The topological polar surface area (TPSA) is 84.7 Å². The molecule has 4 rings (SSSR count). The Morgan fingerprint density at radius 1 is 1.03 bits per heavy atom. The normalized spacial score (nSPS) is 20.4. The molecule has 0 aromatic heterocycles. The van der Waals surface area contributed by atoms with E-state index in [0.29, 0.717) is 23.0 Å². The van der Waals surface area contributed by atoms with E-state index in [9.17, 15) is 9.59 Å². The number of nitrogens with two attached hydrogens (primary N) is 1. The maximum absolute atomic E-state index is 13.0. The van der Waals surface area contributed by atoms with Crippen LogP contribution in [0.3, 0.4) is 0 Å². The van der Waals surface area contributed by atoms with E-state index in [1.54, 1.807) is 24.3 Å². The molecule has 3 N–H and O–H groups in total. The predicted molar refractivity (Wildman–Crippen MR) is 126 cm³/mol. The first-order valence-electron chi connectivity index (χ1n) is 11.3. The molecule has 2 aliphatic rings. The maximum Gasteiger partial charge on any atom is 0.262 e. The van der Waals surface area contributed by atoms with Crippen LogP contribution in [0, 0.1) is 5.92 Å². The van der Waals surface area contributed by atoms with Crippen LogP contribution in [0.25, 0.3) is 0 Å². The largest absolute Gasteiger partial charge is 0.484 e. The van der Waals surface area contributed by atoms with Crippen molar-refractivity contribution in [1.29, 1.82) is 0 Å². The zero-order valence-corrected chi connectivity index (χ0v) is 18.9. The third-order valence-corrected chi connectivity index (χ3v) is 6.54. The van der Waals surface area contributed by atoms with Gasteiger partial charge in [-0.25, -0.2) is 0 Å². The summed E-state index contributed by atoms with van der Waals surface area (Å²) in [4.78, 5) is 27.4. The summed E-state index contributed by atoms with van der Waals surface area (Å²) in [5.74, 6) is 0.741. The van der Waals surface area contributed by atoms with Gasteiger partial charge in [-0.05, 0) is 74.4 Å². The fourth-order valence-corrected chi connectivity index (χ4v) is 4.36. The highest BCUT2D eigenvalue weighted by molar-refractivity contribution is 6.31.